The van der Waals surface area contributed by atoms with Crippen molar-refractivity contribution in [3.63, 3.8) is 0 Å². The molecule has 16 aromatic rings. The molecule has 0 bridgehead atoms. The summed E-state index contributed by atoms with van der Waals surface area (Å²) in [5.74, 6) is 1.59. The maximum atomic E-state index is 6.72. The third kappa shape index (κ3) is 5.70. The normalized spacial score (nSPS) is 12.2. The van der Waals surface area contributed by atoms with E-state index in [0.717, 1.165) is 110 Å². The molecular weight excluding hydrogens is 883 g/mol. The Morgan fingerprint density at radius 2 is 0.861 bits per heavy atom. The van der Waals surface area contributed by atoms with Gasteiger partial charge in [0.2, 0.25) is 0 Å². The molecule has 0 amide bonds. The summed E-state index contributed by atoms with van der Waals surface area (Å²) in [6, 6.07) is 79.2. The summed E-state index contributed by atoms with van der Waals surface area (Å²) in [6.07, 6.45) is 0. The molecular formula is C65H37N5O2. The molecule has 16 rings (SSSR count). The van der Waals surface area contributed by atoms with Gasteiger partial charge in [-0.3, -0.25) is 0 Å². The van der Waals surface area contributed by atoms with Crippen LogP contribution in [-0.2, 0) is 0 Å². The van der Waals surface area contributed by atoms with Gasteiger partial charge in [0.25, 0.3) is 0 Å². The largest absolute Gasteiger partial charge is 0.456 e. The summed E-state index contributed by atoms with van der Waals surface area (Å²) in [4.78, 5) is 16.4. The van der Waals surface area contributed by atoms with Gasteiger partial charge in [-0.25, -0.2) is 15.0 Å². The average Bonchev–Trinajstić information content (AvgIpc) is 4.19. The van der Waals surface area contributed by atoms with Crippen LogP contribution in [0.1, 0.15) is 0 Å². The van der Waals surface area contributed by atoms with Gasteiger partial charge in [-0.15, -0.1) is 0 Å². The summed E-state index contributed by atoms with van der Waals surface area (Å²) in [6.45, 7) is 0. The lowest BCUT2D eigenvalue weighted by atomic mass is 10.0. The van der Waals surface area contributed by atoms with E-state index in [0.29, 0.717) is 17.5 Å². The Hall–Kier alpha value is -9.85. The highest BCUT2D eigenvalue weighted by Gasteiger charge is 2.24. The fourth-order valence-electron chi connectivity index (χ4n) is 11.4. The Morgan fingerprint density at radius 1 is 0.292 bits per heavy atom. The minimum absolute atomic E-state index is 0.514. The van der Waals surface area contributed by atoms with E-state index in [1.807, 2.05) is 30.3 Å². The molecule has 0 aliphatic rings. The van der Waals surface area contributed by atoms with Gasteiger partial charge in [0.05, 0.1) is 27.8 Å². The van der Waals surface area contributed by atoms with Crippen LogP contribution in [0.15, 0.2) is 233 Å². The number of fused-ring (bicyclic) bond motifs is 15. The SMILES string of the molecule is c1ccc(-n2c3ccccc3c3cc(-c4nc(-c5ccc6c(c5)oc5ccccc56)nc(-c5cc6oc7ccccc7c6cc5-n5c6cc7ccccc7cc6c6c7ccccc7ccc65)n4)ccc32)cc1. The highest BCUT2D eigenvalue weighted by molar-refractivity contribution is 6.24. The molecule has 0 radical (unpaired) electrons. The second-order valence-corrected chi connectivity index (χ2v) is 18.7. The number of aromatic nitrogens is 5. The van der Waals surface area contributed by atoms with Gasteiger partial charge in [0.15, 0.2) is 17.5 Å². The van der Waals surface area contributed by atoms with Crippen molar-refractivity contribution < 1.29 is 8.83 Å². The van der Waals surface area contributed by atoms with Crippen LogP contribution >= 0.6 is 0 Å². The Kier molecular flexibility index (Phi) is 8.04. The summed E-state index contributed by atoms with van der Waals surface area (Å²) in [5.41, 5.74) is 12.1. The summed E-state index contributed by atoms with van der Waals surface area (Å²) < 4.78 is 17.9. The second-order valence-electron chi connectivity index (χ2n) is 18.7. The van der Waals surface area contributed by atoms with E-state index in [9.17, 15) is 0 Å². The minimum Gasteiger partial charge on any atom is -0.456 e. The summed E-state index contributed by atoms with van der Waals surface area (Å²) in [7, 11) is 0. The number of hydrogen-bond acceptors (Lipinski definition) is 5. The van der Waals surface area contributed by atoms with Crippen molar-refractivity contribution in [2.45, 2.75) is 0 Å². The Bertz CT molecular complexity index is 4940. The van der Waals surface area contributed by atoms with E-state index in [-0.39, 0.29) is 0 Å². The van der Waals surface area contributed by atoms with E-state index in [2.05, 4.69) is 203 Å². The molecule has 0 spiro atoms. The Morgan fingerprint density at radius 3 is 1.65 bits per heavy atom. The zero-order valence-electron chi connectivity index (χ0n) is 38.4. The number of benzene rings is 11. The van der Waals surface area contributed by atoms with Gasteiger partial charge in [0.1, 0.15) is 22.3 Å². The topological polar surface area (TPSA) is 74.8 Å². The molecule has 0 saturated heterocycles. The summed E-state index contributed by atoms with van der Waals surface area (Å²) in [5, 5.41) is 13.5. The molecule has 0 saturated carbocycles. The van der Waals surface area contributed by atoms with Crippen molar-refractivity contribution in [1.29, 1.82) is 0 Å². The van der Waals surface area contributed by atoms with Crippen molar-refractivity contribution in [2.24, 2.45) is 0 Å². The van der Waals surface area contributed by atoms with Crippen LogP contribution in [-0.4, -0.2) is 24.1 Å². The maximum absolute atomic E-state index is 6.72. The lowest BCUT2D eigenvalue weighted by Gasteiger charge is -2.15. The molecule has 0 aliphatic carbocycles. The molecule has 0 aliphatic heterocycles. The Balaban J connectivity index is 1.01. The first-order valence-corrected chi connectivity index (χ1v) is 24.2. The molecule has 7 nitrogen and oxygen atoms in total. The van der Waals surface area contributed by atoms with E-state index in [4.69, 9.17) is 23.8 Å². The molecule has 7 heteroatoms. The fraction of sp³-hybridized carbons (Fsp3) is 0. The molecule has 0 fully saturated rings. The minimum atomic E-state index is 0.514. The zero-order valence-corrected chi connectivity index (χ0v) is 38.4. The van der Waals surface area contributed by atoms with Gasteiger partial charge in [-0.05, 0) is 113 Å². The smallest absolute Gasteiger partial charge is 0.166 e. The number of hydrogen-bond donors (Lipinski definition) is 0. The van der Waals surface area contributed by atoms with Crippen LogP contribution in [0.2, 0.25) is 0 Å². The fourth-order valence-corrected chi connectivity index (χ4v) is 11.4. The van der Waals surface area contributed by atoms with Gasteiger partial charge in [-0.1, -0.05) is 133 Å². The van der Waals surface area contributed by atoms with Crippen molar-refractivity contribution in [3.05, 3.63) is 224 Å². The predicted octanol–water partition coefficient (Wildman–Crippen LogP) is 17.2. The zero-order chi connectivity index (χ0) is 47.0. The second kappa shape index (κ2) is 14.8. The molecule has 11 aromatic carbocycles. The number of rotatable bonds is 5. The van der Waals surface area contributed by atoms with Gasteiger partial charge >= 0.3 is 0 Å². The maximum Gasteiger partial charge on any atom is 0.166 e. The molecule has 0 atom stereocenters. The number of furan rings is 2. The van der Waals surface area contributed by atoms with Crippen molar-refractivity contribution >= 4 is 109 Å². The quantitative estimate of drug-likeness (QED) is 0.172. The predicted molar refractivity (Wildman–Crippen MR) is 294 cm³/mol. The van der Waals surface area contributed by atoms with Gasteiger partial charge in [0, 0.05) is 65.5 Å². The number of para-hydroxylation sites is 4. The van der Waals surface area contributed by atoms with Crippen LogP contribution in [0, 0.1) is 0 Å². The van der Waals surface area contributed by atoms with Crippen molar-refractivity contribution in [2.75, 3.05) is 0 Å². The first-order valence-electron chi connectivity index (χ1n) is 24.2. The van der Waals surface area contributed by atoms with Gasteiger partial charge in [-0.2, -0.15) is 0 Å². The Labute approximate surface area is 410 Å². The van der Waals surface area contributed by atoms with E-state index < -0.39 is 0 Å². The van der Waals surface area contributed by atoms with E-state index >= 15 is 0 Å². The highest BCUT2D eigenvalue weighted by Crippen LogP contribution is 2.44. The first-order chi connectivity index (χ1) is 35.7. The third-order valence-corrected chi connectivity index (χ3v) is 14.7. The molecule has 334 valence electrons. The molecule has 0 unspecified atom stereocenters. The van der Waals surface area contributed by atoms with Crippen molar-refractivity contribution in [3.8, 4) is 45.5 Å². The lowest BCUT2D eigenvalue weighted by molar-refractivity contribution is 0.668. The first kappa shape index (κ1) is 39.0. The van der Waals surface area contributed by atoms with Gasteiger partial charge < -0.3 is 18.0 Å². The van der Waals surface area contributed by atoms with Crippen LogP contribution in [0.4, 0.5) is 0 Å². The molecule has 5 heterocycles. The van der Waals surface area contributed by atoms with Crippen molar-refractivity contribution in [1.82, 2.24) is 24.1 Å². The van der Waals surface area contributed by atoms with Crippen LogP contribution < -0.4 is 0 Å². The highest BCUT2D eigenvalue weighted by atomic mass is 16.3. The van der Waals surface area contributed by atoms with Crippen LogP contribution in [0.5, 0.6) is 0 Å². The average molecular weight is 920 g/mol. The van der Waals surface area contributed by atoms with E-state index in [1.54, 1.807) is 0 Å². The molecule has 0 N–H and O–H groups in total. The summed E-state index contributed by atoms with van der Waals surface area (Å²) >= 11 is 0. The lowest BCUT2D eigenvalue weighted by Crippen LogP contribution is -2.04. The molecule has 72 heavy (non-hydrogen) atoms. The molecule has 5 aromatic heterocycles. The van der Waals surface area contributed by atoms with Crippen LogP contribution in [0.3, 0.4) is 0 Å². The standard InChI is InChI=1S/C65H37N5O2/c1-2-17-43(18-3-1)69-53-23-11-8-20-45(53)49-33-41(28-30-54(49)69)63-66-64(42-26-29-48-46-21-9-12-24-58(46)71-60(48)35-42)68-65(67-63)52-37-61-50(47-22-10-13-25-59(47)72-61)36-57(52)70-55-31-27-38-14-6-7-19-44(38)62(55)51-32-39-15-4-5-16-40(39)34-56(51)70/h1-37H. The number of nitrogens with zero attached hydrogens (tertiary/aromatic N) is 5. The van der Waals surface area contributed by atoms with Crippen LogP contribution in [0.25, 0.3) is 155 Å². The monoisotopic (exact) mass is 919 g/mol. The third-order valence-electron chi connectivity index (χ3n) is 14.7. The van der Waals surface area contributed by atoms with E-state index in [1.165, 1.54) is 26.9 Å².